The molecule has 0 atom stereocenters. The molecule has 7 nitrogen and oxygen atoms in total. The monoisotopic (exact) mass is 385 g/mol. The first-order chi connectivity index (χ1) is 13.0. The van der Waals surface area contributed by atoms with Crippen LogP contribution < -0.4 is 4.72 Å². The van der Waals surface area contributed by atoms with Crippen molar-refractivity contribution in [1.29, 1.82) is 0 Å². The van der Waals surface area contributed by atoms with Gasteiger partial charge < -0.3 is 8.83 Å². The van der Waals surface area contributed by atoms with Gasteiger partial charge in [0, 0.05) is 11.3 Å². The minimum absolute atomic E-state index is 0.0343. The summed E-state index contributed by atoms with van der Waals surface area (Å²) in [5, 5.41) is 7.86. The van der Waals surface area contributed by atoms with E-state index in [1.54, 1.807) is 36.4 Å². The standard InChI is InChI=1S/C18H12FN3O4S/c19-13-5-9-15(10-6-13)27(23,24)22-14-7-3-12(4-8-14)17-20-21-18(26-17)16-2-1-11-25-16/h1-11,22H. The summed E-state index contributed by atoms with van der Waals surface area (Å²) in [7, 11) is -3.81. The average Bonchev–Trinajstić information content (AvgIpc) is 3.34. The fourth-order valence-electron chi connectivity index (χ4n) is 2.35. The SMILES string of the molecule is O=S(=O)(Nc1ccc(-c2nnc(-c3ccco3)o2)cc1)c1ccc(F)cc1. The number of hydrogen-bond acceptors (Lipinski definition) is 6. The molecule has 27 heavy (non-hydrogen) atoms. The lowest BCUT2D eigenvalue weighted by molar-refractivity contribution is 0.523. The van der Waals surface area contributed by atoms with E-state index in [9.17, 15) is 12.8 Å². The Bertz CT molecular complexity index is 1150. The smallest absolute Gasteiger partial charge is 0.283 e. The van der Waals surface area contributed by atoms with Gasteiger partial charge in [0.05, 0.1) is 11.2 Å². The van der Waals surface area contributed by atoms with Crippen molar-refractivity contribution in [2.45, 2.75) is 4.90 Å². The lowest BCUT2D eigenvalue weighted by Gasteiger charge is -2.08. The molecule has 0 saturated carbocycles. The van der Waals surface area contributed by atoms with Gasteiger partial charge in [0.25, 0.3) is 15.9 Å². The van der Waals surface area contributed by atoms with Crippen LogP contribution in [0.3, 0.4) is 0 Å². The van der Waals surface area contributed by atoms with Gasteiger partial charge in [-0.15, -0.1) is 10.2 Å². The fourth-order valence-corrected chi connectivity index (χ4v) is 3.41. The van der Waals surface area contributed by atoms with Crippen molar-refractivity contribution in [3.8, 4) is 23.1 Å². The Hall–Kier alpha value is -3.46. The van der Waals surface area contributed by atoms with Crippen LogP contribution in [-0.2, 0) is 10.0 Å². The number of nitrogens with zero attached hydrogens (tertiary/aromatic N) is 2. The van der Waals surface area contributed by atoms with Gasteiger partial charge in [-0.3, -0.25) is 4.72 Å². The molecule has 2 heterocycles. The molecule has 0 bridgehead atoms. The first-order valence-electron chi connectivity index (χ1n) is 7.77. The number of sulfonamides is 1. The minimum Gasteiger partial charge on any atom is -0.459 e. The third-order valence-corrected chi connectivity index (χ3v) is 5.06. The van der Waals surface area contributed by atoms with Crippen LogP contribution >= 0.6 is 0 Å². The van der Waals surface area contributed by atoms with Crippen LogP contribution in [0.2, 0.25) is 0 Å². The second-order valence-corrected chi connectivity index (χ2v) is 7.21. The number of aromatic nitrogens is 2. The molecule has 0 aliphatic heterocycles. The molecule has 0 amide bonds. The lowest BCUT2D eigenvalue weighted by atomic mass is 10.2. The predicted octanol–water partition coefficient (Wildman–Crippen LogP) is 3.94. The topological polar surface area (TPSA) is 98.2 Å². The highest BCUT2D eigenvalue weighted by atomic mass is 32.2. The summed E-state index contributed by atoms with van der Waals surface area (Å²) >= 11 is 0. The lowest BCUT2D eigenvalue weighted by Crippen LogP contribution is -2.12. The van der Waals surface area contributed by atoms with Gasteiger partial charge in [-0.25, -0.2) is 12.8 Å². The normalized spacial score (nSPS) is 11.4. The van der Waals surface area contributed by atoms with Gasteiger partial charge in [-0.05, 0) is 60.7 Å². The van der Waals surface area contributed by atoms with E-state index >= 15 is 0 Å². The summed E-state index contributed by atoms with van der Waals surface area (Å²) in [4.78, 5) is -0.0343. The molecule has 0 radical (unpaired) electrons. The van der Waals surface area contributed by atoms with E-state index in [4.69, 9.17) is 8.83 Å². The van der Waals surface area contributed by atoms with Crippen molar-refractivity contribution in [2.75, 3.05) is 4.72 Å². The van der Waals surface area contributed by atoms with E-state index in [1.807, 2.05) is 0 Å². The third kappa shape index (κ3) is 3.58. The summed E-state index contributed by atoms with van der Waals surface area (Å²) in [6.45, 7) is 0. The van der Waals surface area contributed by atoms with Crippen LogP contribution in [0.25, 0.3) is 23.1 Å². The van der Waals surface area contributed by atoms with Gasteiger partial charge >= 0.3 is 0 Å². The predicted molar refractivity (Wildman–Crippen MR) is 94.6 cm³/mol. The van der Waals surface area contributed by atoms with Crippen LogP contribution in [0.1, 0.15) is 0 Å². The molecule has 9 heteroatoms. The molecule has 0 spiro atoms. The highest BCUT2D eigenvalue weighted by Crippen LogP contribution is 2.25. The molecular formula is C18H12FN3O4S. The van der Waals surface area contributed by atoms with Crippen LogP contribution in [0, 0.1) is 5.82 Å². The first-order valence-corrected chi connectivity index (χ1v) is 9.26. The maximum absolute atomic E-state index is 13.0. The summed E-state index contributed by atoms with van der Waals surface area (Å²) in [5.41, 5.74) is 0.957. The molecule has 136 valence electrons. The second-order valence-electron chi connectivity index (χ2n) is 5.53. The minimum atomic E-state index is -3.81. The Morgan fingerprint density at radius 3 is 2.26 bits per heavy atom. The Morgan fingerprint density at radius 1 is 0.889 bits per heavy atom. The molecule has 4 aromatic rings. The molecular weight excluding hydrogens is 373 g/mol. The van der Waals surface area contributed by atoms with Gasteiger partial charge in [-0.1, -0.05) is 0 Å². The summed E-state index contributed by atoms with van der Waals surface area (Å²) in [6, 6.07) is 14.4. The fraction of sp³-hybridized carbons (Fsp3) is 0. The highest BCUT2D eigenvalue weighted by molar-refractivity contribution is 7.92. The molecule has 0 saturated heterocycles. The Morgan fingerprint density at radius 2 is 1.59 bits per heavy atom. The van der Waals surface area contributed by atoms with Crippen LogP contribution in [0.15, 0.2) is 80.7 Å². The molecule has 0 aliphatic carbocycles. The first kappa shape index (κ1) is 17.0. The average molecular weight is 385 g/mol. The Labute approximate surface area is 153 Å². The largest absolute Gasteiger partial charge is 0.459 e. The number of halogens is 1. The quantitative estimate of drug-likeness (QED) is 0.559. The zero-order valence-electron chi connectivity index (χ0n) is 13.7. The zero-order chi connectivity index (χ0) is 18.9. The van der Waals surface area contributed by atoms with E-state index in [0.29, 0.717) is 17.0 Å². The number of rotatable bonds is 5. The Kier molecular flexibility index (Phi) is 4.21. The van der Waals surface area contributed by atoms with Gasteiger partial charge in [0.1, 0.15) is 5.82 Å². The van der Waals surface area contributed by atoms with Crippen LogP contribution in [0.4, 0.5) is 10.1 Å². The van der Waals surface area contributed by atoms with Crippen LogP contribution in [-0.4, -0.2) is 18.6 Å². The Balaban J connectivity index is 1.53. The van der Waals surface area contributed by atoms with Crippen molar-refractivity contribution in [1.82, 2.24) is 10.2 Å². The molecule has 0 unspecified atom stereocenters. The van der Waals surface area contributed by atoms with Crippen LogP contribution in [0.5, 0.6) is 0 Å². The second kappa shape index (κ2) is 6.69. The zero-order valence-corrected chi connectivity index (χ0v) is 14.5. The molecule has 0 fully saturated rings. The van der Waals surface area contributed by atoms with Crippen molar-refractivity contribution in [3.05, 3.63) is 72.7 Å². The van der Waals surface area contributed by atoms with E-state index in [1.165, 1.54) is 18.4 Å². The summed E-state index contributed by atoms with van der Waals surface area (Å²) < 4.78 is 50.8. The van der Waals surface area contributed by atoms with Crippen molar-refractivity contribution < 1.29 is 21.6 Å². The van der Waals surface area contributed by atoms with Gasteiger partial charge in [0.15, 0.2) is 5.76 Å². The summed E-state index contributed by atoms with van der Waals surface area (Å²) in [5.74, 6) is 0.467. The maximum atomic E-state index is 13.0. The van der Waals surface area contributed by atoms with Crippen molar-refractivity contribution in [2.24, 2.45) is 0 Å². The van der Waals surface area contributed by atoms with E-state index in [2.05, 4.69) is 14.9 Å². The van der Waals surface area contributed by atoms with E-state index < -0.39 is 15.8 Å². The van der Waals surface area contributed by atoms with Gasteiger partial charge in [0.2, 0.25) is 5.89 Å². The molecule has 2 aromatic carbocycles. The number of benzene rings is 2. The molecule has 2 aromatic heterocycles. The number of nitrogens with one attached hydrogen (secondary N) is 1. The van der Waals surface area contributed by atoms with Gasteiger partial charge in [-0.2, -0.15) is 0 Å². The summed E-state index contributed by atoms with van der Waals surface area (Å²) in [6.07, 6.45) is 1.50. The third-order valence-electron chi connectivity index (χ3n) is 3.66. The maximum Gasteiger partial charge on any atom is 0.283 e. The van der Waals surface area contributed by atoms with Crippen molar-refractivity contribution >= 4 is 15.7 Å². The molecule has 4 rings (SSSR count). The number of hydrogen-bond donors (Lipinski definition) is 1. The highest BCUT2D eigenvalue weighted by Gasteiger charge is 2.15. The van der Waals surface area contributed by atoms with E-state index in [-0.39, 0.29) is 16.7 Å². The van der Waals surface area contributed by atoms with Crippen molar-refractivity contribution in [3.63, 3.8) is 0 Å². The van der Waals surface area contributed by atoms with E-state index in [0.717, 1.165) is 12.1 Å². The molecule has 0 aliphatic rings. The number of furan rings is 1. The number of anilines is 1. The molecule has 1 N–H and O–H groups in total.